The molecule has 1 heterocycles. The highest BCUT2D eigenvalue weighted by molar-refractivity contribution is 5.89. The van der Waals surface area contributed by atoms with Crippen LogP contribution in [0.5, 0.6) is 11.5 Å². The van der Waals surface area contributed by atoms with Crippen molar-refractivity contribution in [1.29, 1.82) is 0 Å². The minimum Gasteiger partial charge on any atom is -0.507 e. The summed E-state index contributed by atoms with van der Waals surface area (Å²) in [5.41, 5.74) is 4.10. The normalized spacial score (nSPS) is 17.7. The number of phenols is 2. The van der Waals surface area contributed by atoms with E-state index in [1.54, 1.807) is 36.7 Å². The lowest BCUT2D eigenvalue weighted by Gasteiger charge is -2.09. The summed E-state index contributed by atoms with van der Waals surface area (Å²) in [5.74, 6) is 0.211. The predicted molar refractivity (Wildman–Crippen MR) is 171 cm³/mol. The maximum absolute atomic E-state index is 10.4. The van der Waals surface area contributed by atoms with Gasteiger partial charge in [0.2, 0.25) is 0 Å². The molecule has 0 radical (unpaired) electrons. The molecule has 0 spiro atoms. The molecule has 11 nitrogen and oxygen atoms in total. The van der Waals surface area contributed by atoms with Crippen LogP contribution in [0.25, 0.3) is 0 Å². The van der Waals surface area contributed by atoms with Gasteiger partial charge in [0.25, 0.3) is 0 Å². The molecule has 0 amide bonds. The number of hydrogen-bond acceptors (Lipinski definition) is 11. The highest BCUT2D eigenvalue weighted by atomic mass is 16.6. The van der Waals surface area contributed by atoms with Gasteiger partial charge in [-0.25, -0.2) is 0 Å². The zero-order valence-electron chi connectivity index (χ0n) is 25.5. The molecule has 4 bridgehead atoms. The van der Waals surface area contributed by atoms with Crippen molar-refractivity contribution in [2.75, 3.05) is 79.3 Å². The Bertz CT molecular complexity index is 1250. The quantitative estimate of drug-likeness (QED) is 0.366. The predicted octanol–water partition coefficient (Wildman–Crippen LogP) is 4.73. The minimum atomic E-state index is 0.105. The molecule has 0 atom stereocenters. The van der Waals surface area contributed by atoms with E-state index in [-0.39, 0.29) is 11.5 Å². The molecule has 0 saturated carbocycles. The van der Waals surface area contributed by atoms with E-state index < -0.39 is 0 Å². The van der Waals surface area contributed by atoms with Crippen molar-refractivity contribution in [3.63, 3.8) is 0 Å². The van der Waals surface area contributed by atoms with Crippen molar-refractivity contribution in [3.05, 3.63) is 82.9 Å². The third-order valence-corrected chi connectivity index (χ3v) is 6.52. The van der Waals surface area contributed by atoms with Crippen LogP contribution in [0.3, 0.4) is 0 Å². The van der Waals surface area contributed by atoms with Crippen LogP contribution in [0.1, 0.15) is 22.3 Å². The van der Waals surface area contributed by atoms with Gasteiger partial charge in [-0.05, 0) is 47.5 Å². The van der Waals surface area contributed by atoms with Crippen LogP contribution in [0.4, 0.5) is 11.4 Å². The van der Waals surface area contributed by atoms with Gasteiger partial charge in [0, 0.05) is 23.6 Å². The van der Waals surface area contributed by atoms with Crippen LogP contribution in [0.2, 0.25) is 0 Å². The van der Waals surface area contributed by atoms with Crippen LogP contribution < -0.4 is 0 Å². The van der Waals surface area contributed by atoms with Gasteiger partial charge in [-0.2, -0.15) is 0 Å². The Morgan fingerprint density at radius 1 is 0.422 bits per heavy atom. The Labute approximate surface area is 264 Å². The molecular weight excluding hydrogens is 580 g/mol. The number of rotatable bonds is 0. The Balaban J connectivity index is 1.40. The lowest BCUT2D eigenvalue weighted by atomic mass is 10.1. The van der Waals surface area contributed by atoms with Crippen molar-refractivity contribution >= 4 is 23.8 Å². The zero-order chi connectivity index (χ0) is 31.4. The standard InChI is InChI=1S/C34H42N2O9/c37-33-7-5-27-21-29(33)23-35-31-3-1-2-4-32(31)36-24-30-22-28(6-8-34(30)38)26-45-20-18-43-16-14-41-12-10-39-9-11-40-13-15-42-17-19-44-25-27/h1-8,21-24,37-38H,9-20,25-26H2. The fourth-order valence-corrected chi connectivity index (χ4v) is 4.15. The third kappa shape index (κ3) is 13.1. The number of aliphatic imine (C=N–C) groups is 2. The van der Waals surface area contributed by atoms with Crippen molar-refractivity contribution in [2.24, 2.45) is 9.98 Å². The third-order valence-electron chi connectivity index (χ3n) is 6.52. The molecule has 1 aliphatic rings. The average molecular weight is 623 g/mol. The van der Waals surface area contributed by atoms with E-state index in [1.165, 1.54) is 0 Å². The van der Waals surface area contributed by atoms with Crippen molar-refractivity contribution < 1.29 is 43.4 Å². The van der Waals surface area contributed by atoms with Gasteiger partial charge in [-0.15, -0.1) is 0 Å². The molecule has 11 heteroatoms. The second-order valence-corrected chi connectivity index (χ2v) is 9.96. The monoisotopic (exact) mass is 622 g/mol. The van der Waals surface area contributed by atoms with Gasteiger partial charge in [0.1, 0.15) is 11.5 Å². The van der Waals surface area contributed by atoms with Gasteiger partial charge < -0.3 is 43.4 Å². The number of hydrogen-bond donors (Lipinski definition) is 2. The second-order valence-electron chi connectivity index (χ2n) is 9.96. The molecule has 0 unspecified atom stereocenters. The minimum absolute atomic E-state index is 0.105. The largest absolute Gasteiger partial charge is 0.507 e. The number of aromatic hydroxyl groups is 2. The molecular formula is C34H42N2O9. The first-order valence-corrected chi connectivity index (χ1v) is 15.0. The number of phenolic OH excluding ortho intramolecular Hbond substituents is 2. The van der Waals surface area contributed by atoms with Crippen LogP contribution in [-0.4, -0.2) is 102 Å². The van der Waals surface area contributed by atoms with Gasteiger partial charge in [-0.3, -0.25) is 9.98 Å². The Morgan fingerprint density at radius 3 is 1.11 bits per heavy atom. The number of para-hydroxylation sites is 2. The van der Waals surface area contributed by atoms with Crippen LogP contribution in [0, 0.1) is 0 Å². The van der Waals surface area contributed by atoms with E-state index >= 15 is 0 Å². The average Bonchev–Trinajstić information content (AvgIpc) is 3.05. The number of ether oxygens (including phenoxy) is 7. The molecule has 242 valence electrons. The zero-order valence-corrected chi connectivity index (χ0v) is 25.5. The van der Waals surface area contributed by atoms with Gasteiger partial charge in [0.05, 0.1) is 104 Å². The summed E-state index contributed by atoms with van der Waals surface area (Å²) in [4.78, 5) is 9.17. The molecule has 3 aromatic rings. The molecule has 3 aromatic carbocycles. The number of fused-ring (bicyclic) bond motifs is 5. The second kappa shape index (κ2) is 20.4. The lowest BCUT2D eigenvalue weighted by molar-refractivity contribution is -0.0217. The number of nitrogens with zero attached hydrogens (tertiary/aromatic N) is 2. The van der Waals surface area contributed by atoms with Crippen molar-refractivity contribution in [1.82, 2.24) is 0 Å². The van der Waals surface area contributed by atoms with E-state index in [4.69, 9.17) is 33.2 Å². The topological polar surface area (TPSA) is 130 Å². The molecule has 2 N–H and O–H groups in total. The summed E-state index contributed by atoms with van der Waals surface area (Å²) in [6, 6.07) is 17.9. The first kappa shape index (κ1) is 34.2. The highest BCUT2D eigenvalue weighted by Crippen LogP contribution is 2.29. The summed E-state index contributed by atoms with van der Waals surface area (Å²) in [6.07, 6.45) is 3.19. The van der Waals surface area contributed by atoms with Gasteiger partial charge >= 0.3 is 0 Å². The van der Waals surface area contributed by atoms with E-state index in [0.29, 0.717) is 115 Å². The fourth-order valence-electron chi connectivity index (χ4n) is 4.15. The van der Waals surface area contributed by atoms with E-state index in [0.717, 1.165) is 11.1 Å². The molecule has 0 fully saturated rings. The maximum Gasteiger partial charge on any atom is 0.124 e. The summed E-state index contributed by atoms with van der Waals surface area (Å²) >= 11 is 0. The summed E-state index contributed by atoms with van der Waals surface area (Å²) in [7, 11) is 0. The SMILES string of the molecule is Oc1ccc2cc1C=Nc1ccccc1N=Cc1cc(ccc1O)COCCOCCOCCOCCOCCOCCOC2. The Hall–Kier alpha value is -3.68. The smallest absolute Gasteiger partial charge is 0.124 e. The summed E-state index contributed by atoms with van der Waals surface area (Å²) in [5, 5.41) is 20.8. The number of benzene rings is 3. The molecule has 45 heavy (non-hydrogen) atoms. The van der Waals surface area contributed by atoms with Crippen LogP contribution >= 0.6 is 0 Å². The van der Waals surface area contributed by atoms with Gasteiger partial charge in [-0.1, -0.05) is 24.3 Å². The Kier molecular flexibility index (Phi) is 15.5. The van der Waals surface area contributed by atoms with E-state index in [2.05, 4.69) is 9.98 Å². The lowest BCUT2D eigenvalue weighted by Crippen LogP contribution is -2.14. The van der Waals surface area contributed by atoms with Gasteiger partial charge in [0.15, 0.2) is 0 Å². The van der Waals surface area contributed by atoms with Crippen LogP contribution in [0.15, 0.2) is 70.6 Å². The molecule has 0 aliphatic carbocycles. The summed E-state index contributed by atoms with van der Waals surface area (Å²) in [6.45, 7) is 6.31. The maximum atomic E-state index is 10.4. The first-order valence-electron chi connectivity index (χ1n) is 15.0. The first-order chi connectivity index (χ1) is 22.2. The fraction of sp³-hybridized carbons (Fsp3) is 0.412. The molecule has 4 rings (SSSR count). The summed E-state index contributed by atoms with van der Waals surface area (Å²) < 4.78 is 39.1. The Morgan fingerprint density at radius 2 is 0.756 bits per heavy atom. The van der Waals surface area contributed by atoms with E-state index in [1.807, 2.05) is 36.4 Å². The van der Waals surface area contributed by atoms with Crippen molar-refractivity contribution in [2.45, 2.75) is 13.2 Å². The molecule has 0 aromatic heterocycles. The molecule has 1 aliphatic heterocycles. The van der Waals surface area contributed by atoms with Crippen LogP contribution in [-0.2, 0) is 46.4 Å². The highest BCUT2D eigenvalue weighted by Gasteiger charge is 2.05. The van der Waals surface area contributed by atoms with E-state index in [9.17, 15) is 10.2 Å². The molecule has 0 saturated heterocycles. The van der Waals surface area contributed by atoms with Crippen molar-refractivity contribution in [3.8, 4) is 11.5 Å².